The van der Waals surface area contributed by atoms with Crippen LogP contribution in [0.3, 0.4) is 0 Å². The van der Waals surface area contributed by atoms with Gasteiger partial charge in [-0.2, -0.15) is 4.31 Å². The molecule has 0 saturated carbocycles. The number of hydrogen-bond donors (Lipinski definition) is 1. The second-order valence-corrected chi connectivity index (χ2v) is 10.1. The molecule has 0 radical (unpaired) electrons. The first-order chi connectivity index (χ1) is 15.2. The van der Waals surface area contributed by atoms with Gasteiger partial charge < -0.3 is 15.0 Å². The zero-order chi connectivity index (χ0) is 22.9. The summed E-state index contributed by atoms with van der Waals surface area (Å²) in [5.74, 6) is -0.460. The number of morpholine rings is 1. The maximum absolute atomic E-state index is 13.0. The predicted octanol–water partition coefficient (Wildman–Crippen LogP) is 2.24. The van der Waals surface area contributed by atoms with Crippen LogP contribution in [-0.2, 0) is 30.8 Å². The molecule has 2 heterocycles. The van der Waals surface area contributed by atoms with Crippen molar-refractivity contribution in [2.45, 2.75) is 31.6 Å². The monoisotopic (exact) mass is 457 g/mol. The average Bonchev–Trinajstić information content (AvgIpc) is 2.75. The van der Waals surface area contributed by atoms with Gasteiger partial charge in [0.05, 0.1) is 18.1 Å². The van der Waals surface area contributed by atoms with Crippen LogP contribution < -0.4 is 10.2 Å². The van der Waals surface area contributed by atoms with Crippen molar-refractivity contribution in [1.82, 2.24) is 4.31 Å². The number of sulfonamides is 1. The molecule has 0 bridgehead atoms. The van der Waals surface area contributed by atoms with E-state index in [-0.39, 0.29) is 29.7 Å². The number of carbonyl (C=O) groups excluding carboxylic acids is 2. The number of nitrogens with zero attached hydrogens (tertiary/aromatic N) is 2. The SMILES string of the molecule is Cc1cc(C)cc(NC(=O)CN2C(=O)CCc3cc(S(=O)(=O)N4CCOCC4)ccc32)c1. The highest BCUT2D eigenvalue weighted by molar-refractivity contribution is 7.89. The van der Waals surface area contributed by atoms with Crippen LogP contribution in [0, 0.1) is 13.8 Å². The Morgan fingerprint density at radius 2 is 1.72 bits per heavy atom. The molecule has 2 aromatic carbocycles. The Morgan fingerprint density at radius 3 is 2.41 bits per heavy atom. The van der Waals surface area contributed by atoms with E-state index in [1.54, 1.807) is 12.1 Å². The molecule has 2 amide bonds. The molecule has 2 aliphatic heterocycles. The lowest BCUT2D eigenvalue weighted by Crippen LogP contribution is -2.42. The van der Waals surface area contributed by atoms with Crippen LogP contribution in [-0.4, -0.2) is 57.4 Å². The molecule has 32 heavy (non-hydrogen) atoms. The van der Waals surface area contributed by atoms with E-state index in [0.717, 1.165) is 16.7 Å². The standard InChI is InChI=1S/C23H27N3O5S/c1-16-11-17(2)13-19(12-16)24-22(27)15-26-21-5-4-20(14-18(21)3-6-23(26)28)32(29,30)25-7-9-31-10-8-25/h4-5,11-14H,3,6-10,15H2,1-2H3,(H,24,27). The number of aryl methyl sites for hydroxylation is 3. The van der Waals surface area contributed by atoms with Gasteiger partial charge in [0.25, 0.3) is 0 Å². The Hall–Kier alpha value is -2.75. The fraction of sp³-hybridized carbons (Fsp3) is 0.391. The van der Waals surface area contributed by atoms with Crippen LogP contribution >= 0.6 is 0 Å². The summed E-state index contributed by atoms with van der Waals surface area (Å²) in [5.41, 5.74) is 4.09. The lowest BCUT2D eigenvalue weighted by atomic mass is 10.0. The van der Waals surface area contributed by atoms with E-state index in [1.165, 1.54) is 15.3 Å². The molecular weight excluding hydrogens is 430 g/mol. The largest absolute Gasteiger partial charge is 0.379 e. The molecule has 2 aliphatic rings. The third kappa shape index (κ3) is 4.69. The van der Waals surface area contributed by atoms with Crippen LogP contribution in [0.15, 0.2) is 41.3 Å². The minimum Gasteiger partial charge on any atom is -0.379 e. The van der Waals surface area contributed by atoms with Gasteiger partial charge >= 0.3 is 0 Å². The number of benzene rings is 2. The zero-order valence-corrected chi connectivity index (χ0v) is 19.1. The molecule has 2 aromatic rings. The molecule has 0 aromatic heterocycles. The van der Waals surface area contributed by atoms with Crippen molar-refractivity contribution >= 4 is 33.2 Å². The maximum atomic E-state index is 13.0. The lowest BCUT2D eigenvalue weighted by molar-refractivity contribution is -0.121. The van der Waals surface area contributed by atoms with E-state index in [9.17, 15) is 18.0 Å². The first-order valence-electron chi connectivity index (χ1n) is 10.6. The third-order valence-corrected chi connectivity index (χ3v) is 7.56. The van der Waals surface area contributed by atoms with Gasteiger partial charge in [-0.25, -0.2) is 8.42 Å². The summed E-state index contributed by atoms with van der Waals surface area (Å²) < 4.78 is 32.6. The second kappa shape index (κ2) is 9.01. The van der Waals surface area contributed by atoms with Crippen molar-refractivity contribution in [1.29, 1.82) is 0 Å². The molecule has 1 fully saturated rings. The van der Waals surface area contributed by atoms with Gasteiger partial charge in [0.1, 0.15) is 6.54 Å². The Kier molecular flexibility index (Phi) is 6.32. The van der Waals surface area contributed by atoms with Crippen LogP contribution in [0.1, 0.15) is 23.1 Å². The van der Waals surface area contributed by atoms with Gasteiger partial charge in [-0.05, 0) is 67.3 Å². The third-order valence-electron chi connectivity index (χ3n) is 5.67. The highest BCUT2D eigenvalue weighted by Crippen LogP contribution is 2.31. The first-order valence-corrected chi connectivity index (χ1v) is 12.1. The van der Waals surface area contributed by atoms with E-state index in [4.69, 9.17) is 4.74 Å². The van der Waals surface area contributed by atoms with Crippen molar-refractivity contribution in [2.75, 3.05) is 43.1 Å². The van der Waals surface area contributed by atoms with Crippen molar-refractivity contribution in [3.63, 3.8) is 0 Å². The summed E-state index contributed by atoms with van der Waals surface area (Å²) in [7, 11) is -3.63. The smallest absolute Gasteiger partial charge is 0.244 e. The summed E-state index contributed by atoms with van der Waals surface area (Å²) in [6.07, 6.45) is 0.667. The average molecular weight is 458 g/mol. The van der Waals surface area contributed by atoms with Crippen molar-refractivity contribution < 1.29 is 22.7 Å². The first kappa shape index (κ1) is 22.4. The highest BCUT2D eigenvalue weighted by atomic mass is 32.2. The molecule has 1 saturated heterocycles. The summed E-state index contributed by atoms with van der Waals surface area (Å²) in [5, 5.41) is 2.85. The van der Waals surface area contributed by atoms with Crippen LogP contribution in [0.25, 0.3) is 0 Å². The molecule has 0 atom stereocenters. The number of anilines is 2. The van der Waals surface area contributed by atoms with Gasteiger partial charge in [-0.15, -0.1) is 0 Å². The molecule has 1 N–H and O–H groups in total. The summed E-state index contributed by atoms with van der Waals surface area (Å²) in [6.45, 7) is 5.18. The minimum absolute atomic E-state index is 0.131. The fourth-order valence-corrected chi connectivity index (χ4v) is 5.66. The molecule has 0 spiro atoms. The number of amides is 2. The number of carbonyl (C=O) groups is 2. The number of fused-ring (bicyclic) bond motifs is 1. The molecule has 0 unspecified atom stereocenters. The predicted molar refractivity (Wildman–Crippen MR) is 121 cm³/mol. The van der Waals surface area contributed by atoms with Gasteiger partial charge in [0, 0.05) is 30.9 Å². The topological polar surface area (TPSA) is 96.0 Å². The molecule has 4 rings (SSSR count). The van der Waals surface area contributed by atoms with Gasteiger partial charge in [-0.1, -0.05) is 6.07 Å². The number of rotatable bonds is 5. The van der Waals surface area contributed by atoms with Crippen LogP contribution in [0.5, 0.6) is 0 Å². The molecular formula is C23H27N3O5S. The van der Waals surface area contributed by atoms with E-state index in [0.29, 0.717) is 44.1 Å². The van der Waals surface area contributed by atoms with Gasteiger partial charge in [0.2, 0.25) is 21.8 Å². The van der Waals surface area contributed by atoms with Gasteiger partial charge in [0.15, 0.2) is 0 Å². The molecule has 170 valence electrons. The van der Waals surface area contributed by atoms with Crippen LogP contribution in [0.2, 0.25) is 0 Å². The Morgan fingerprint density at radius 1 is 1.03 bits per heavy atom. The molecule has 9 heteroatoms. The summed E-state index contributed by atoms with van der Waals surface area (Å²) in [4.78, 5) is 26.9. The number of ether oxygens (including phenoxy) is 1. The zero-order valence-electron chi connectivity index (χ0n) is 18.3. The van der Waals surface area contributed by atoms with Crippen molar-refractivity contribution in [3.05, 3.63) is 53.1 Å². The summed E-state index contributed by atoms with van der Waals surface area (Å²) in [6, 6.07) is 10.5. The van der Waals surface area contributed by atoms with E-state index >= 15 is 0 Å². The normalized spacial score (nSPS) is 17.2. The molecule has 8 nitrogen and oxygen atoms in total. The Bertz CT molecular complexity index is 1140. The van der Waals surface area contributed by atoms with Crippen molar-refractivity contribution in [3.8, 4) is 0 Å². The minimum atomic E-state index is -3.63. The Labute approximate surface area is 188 Å². The summed E-state index contributed by atoms with van der Waals surface area (Å²) >= 11 is 0. The van der Waals surface area contributed by atoms with Gasteiger partial charge in [-0.3, -0.25) is 9.59 Å². The van der Waals surface area contributed by atoms with Crippen LogP contribution in [0.4, 0.5) is 11.4 Å². The fourth-order valence-electron chi connectivity index (χ4n) is 4.20. The molecule has 0 aliphatic carbocycles. The van der Waals surface area contributed by atoms with E-state index in [2.05, 4.69) is 5.32 Å². The quantitative estimate of drug-likeness (QED) is 0.743. The highest BCUT2D eigenvalue weighted by Gasteiger charge is 2.30. The lowest BCUT2D eigenvalue weighted by Gasteiger charge is -2.30. The number of hydrogen-bond acceptors (Lipinski definition) is 5. The maximum Gasteiger partial charge on any atom is 0.244 e. The van der Waals surface area contributed by atoms with E-state index < -0.39 is 10.0 Å². The number of nitrogens with one attached hydrogen (secondary N) is 1. The Balaban J connectivity index is 1.54. The van der Waals surface area contributed by atoms with Crippen molar-refractivity contribution in [2.24, 2.45) is 0 Å². The second-order valence-electron chi connectivity index (χ2n) is 8.21. The van der Waals surface area contributed by atoms with E-state index in [1.807, 2.05) is 32.0 Å².